The molecule has 3 aromatic rings. The molecule has 1 aromatic heterocycles. The van der Waals surface area contributed by atoms with Crippen molar-refractivity contribution in [1.82, 2.24) is 9.97 Å². The van der Waals surface area contributed by atoms with Crippen LogP contribution in [0.5, 0.6) is 0 Å². The van der Waals surface area contributed by atoms with Gasteiger partial charge in [-0.05, 0) is 30.2 Å². The van der Waals surface area contributed by atoms with E-state index < -0.39 is 0 Å². The highest BCUT2D eigenvalue weighted by Gasteiger charge is 1.99. The lowest BCUT2D eigenvalue weighted by atomic mass is 10.1. The third kappa shape index (κ3) is 2.88. The molecule has 20 heavy (non-hydrogen) atoms. The van der Waals surface area contributed by atoms with Crippen molar-refractivity contribution in [1.29, 1.82) is 0 Å². The second-order valence-electron chi connectivity index (χ2n) is 4.79. The van der Waals surface area contributed by atoms with Crippen LogP contribution in [0.4, 0.5) is 5.69 Å². The van der Waals surface area contributed by atoms with Crippen LogP contribution in [-0.2, 0) is 6.54 Å². The number of benzene rings is 2. The number of aromatic nitrogens is 2. The Kier molecular flexibility index (Phi) is 3.50. The smallest absolute Gasteiger partial charge is 0.103 e. The van der Waals surface area contributed by atoms with Gasteiger partial charge in [-0.2, -0.15) is 0 Å². The minimum atomic E-state index is 0.755. The third-order valence-corrected chi connectivity index (χ3v) is 3.23. The van der Waals surface area contributed by atoms with Crippen LogP contribution < -0.4 is 5.32 Å². The molecule has 0 aliphatic heterocycles. The standard InChI is InChI=1S/C17H17N3/c1-13-18-11-17(20-13)12-19-16-9-7-15(8-10-16)14-5-3-2-4-6-14/h2-11,19H,12H2,1H3,(H,18,20). The van der Waals surface area contributed by atoms with Gasteiger partial charge >= 0.3 is 0 Å². The molecule has 0 aliphatic rings. The number of anilines is 1. The molecule has 0 radical (unpaired) electrons. The molecule has 0 bridgehead atoms. The minimum absolute atomic E-state index is 0.755. The van der Waals surface area contributed by atoms with E-state index in [0.29, 0.717) is 0 Å². The molecule has 0 aliphatic carbocycles. The Morgan fingerprint density at radius 1 is 0.950 bits per heavy atom. The van der Waals surface area contributed by atoms with E-state index in [-0.39, 0.29) is 0 Å². The first-order valence-electron chi connectivity index (χ1n) is 6.71. The summed E-state index contributed by atoms with van der Waals surface area (Å²) in [7, 11) is 0. The van der Waals surface area contributed by atoms with E-state index in [1.807, 2.05) is 19.2 Å². The topological polar surface area (TPSA) is 40.7 Å². The molecule has 3 rings (SSSR count). The zero-order chi connectivity index (χ0) is 13.8. The third-order valence-electron chi connectivity index (χ3n) is 3.23. The molecule has 100 valence electrons. The van der Waals surface area contributed by atoms with Gasteiger partial charge in [-0.15, -0.1) is 0 Å². The fourth-order valence-corrected chi connectivity index (χ4v) is 2.17. The van der Waals surface area contributed by atoms with Gasteiger partial charge in [0.15, 0.2) is 0 Å². The molecule has 3 heteroatoms. The summed E-state index contributed by atoms with van der Waals surface area (Å²) in [4.78, 5) is 7.40. The van der Waals surface area contributed by atoms with E-state index >= 15 is 0 Å². The minimum Gasteiger partial charge on any atom is -0.379 e. The van der Waals surface area contributed by atoms with Crippen LogP contribution in [-0.4, -0.2) is 9.97 Å². The maximum atomic E-state index is 4.19. The molecule has 0 fully saturated rings. The first-order valence-corrected chi connectivity index (χ1v) is 6.71. The highest BCUT2D eigenvalue weighted by molar-refractivity contribution is 5.65. The Morgan fingerprint density at radius 3 is 2.30 bits per heavy atom. The van der Waals surface area contributed by atoms with Gasteiger partial charge in [-0.25, -0.2) is 4.98 Å². The number of nitrogens with one attached hydrogen (secondary N) is 2. The van der Waals surface area contributed by atoms with Gasteiger partial charge in [0.1, 0.15) is 5.82 Å². The molecule has 2 aromatic carbocycles. The summed E-state index contributed by atoms with van der Waals surface area (Å²) in [5.41, 5.74) is 4.67. The fourth-order valence-electron chi connectivity index (χ4n) is 2.17. The molecule has 0 saturated carbocycles. The number of aromatic amines is 1. The first kappa shape index (κ1) is 12.5. The zero-order valence-electron chi connectivity index (χ0n) is 11.4. The van der Waals surface area contributed by atoms with Gasteiger partial charge < -0.3 is 10.3 Å². The van der Waals surface area contributed by atoms with E-state index in [4.69, 9.17) is 0 Å². The van der Waals surface area contributed by atoms with Crippen LogP contribution in [0.25, 0.3) is 11.1 Å². The number of aryl methyl sites for hydroxylation is 1. The predicted molar refractivity (Wildman–Crippen MR) is 82.5 cm³/mol. The maximum absolute atomic E-state index is 4.19. The lowest BCUT2D eigenvalue weighted by Gasteiger charge is -2.06. The summed E-state index contributed by atoms with van der Waals surface area (Å²) in [6.07, 6.45) is 1.86. The average molecular weight is 263 g/mol. The van der Waals surface area contributed by atoms with Crippen LogP contribution in [0.3, 0.4) is 0 Å². The highest BCUT2D eigenvalue weighted by atomic mass is 15.0. The molecular formula is C17H17N3. The maximum Gasteiger partial charge on any atom is 0.103 e. The number of imidazole rings is 1. The SMILES string of the molecule is Cc1ncc(CNc2ccc(-c3ccccc3)cc2)[nH]1. The van der Waals surface area contributed by atoms with Crippen LogP contribution in [0.2, 0.25) is 0 Å². The van der Waals surface area contributed by atoms with Crippen molar-refractivity contribution in [2.24, 2.45) is 0 Å². The normalized spacial score (nSPS) is 10.4. The Balaban J connectivity index is 1.67. The first-order chi connectivity index (χ1) is 9.81. The van der Waals surface area contributed by atoms with Crippen molar-refractivity contribution in [2.75, 3.05) is 5.32 Å². The van der Waals surface area contributed by atoms with Gasteiger partial charge in [0.2, 0.25) is 0 Å². The molecule has 1 heterocycles. The van der Waals surface area contributed by atoms with Crippen molar-refractivity contribution in [3.05, 3.63) is 72.3 Å². The van der Waals surface area contributed by atoms with E-state index in [1.165, 1.54) is 11.1 Å². The van der Waals surface area contributed by atoms with E-state index in [9.17, 15) is 0 Å². The summed E-state index contributed by atoms with van der Waals surface area (Å²) in [5, 5.41) is 3.38. The summed E-state index contributed by atoms with van der Waals surface area (Å²) in [6.45, 7) is 2.71. The molecule has 0 spiro atoms. The quantitative estimate of drug-likeness (QED) is 0.747. The Morgan fingerprint density at radius 2 is 1.65 bits per heavy atom. The van der Waals surface area contributed by atoms with E-state index in [1.54, 1.807) is 0 Å². The lowest BCUT2D eigenvalue weighted by molar-refractivity contribution is 1.05. The summed E-state index contributed by atoms with van der Waals surface area (Å²) < 4.78 is 0. The number of hydrogen-bond donors (Lipinski definition) is 2. The van der Waals surface area contributed by atoms with Crippen LogP contribution in [0.15, 0.2) is 60.8 Å². The van der Waals surface area contributed by atoms with Crippen molar-refractivity contribution in [2.45, 2.75) is 13.5 Å². The van der Waals surface area contributed by atoms with Crippen molar-refractivity contribution in [3.63, 3.8) is 0 Å². The number of rotatable bonds is 4. The van der Waals surface area contributed by atoms with E-state index in [0.717, 1.165) is 23.8 Å². The van der Waals surface area contributed by atoms with Crippen LogP contribution in [0.1, 0.15) is 11.5 Å². The van der Waals surface area contributed by atoms with Gasteiger partial charge in [-0.1, -0.05) is 42.5 Å². The summed E-state index contributed by atoms with van der Waals surface area (Å²) in [6, 6.07) is 18.9. The molecule has 0 unspecified atom stereocenters. The van der Waals surface area contributed by atoms with Crippen LogP contribution >= 0.6 is 0 Å². The molecule has 2 N–H and O–H groups in total. The summed E-state index contributed by atoms with van der Waals surface area (Å²) in [5.74, 6) is 0.946. The molecular weight excluding hydrogens is 246 g/mol. The Labute approximate surface area is 118 Å². The highest BCUT2D eigenvalue weighted by Crippen LogP contribution is 2.21. The van der Waals surface area contributed by atoms with Gasteiger partial charge in [0.05, 0.1) is 18.4 Å². The molecule has 3 nitrogen and oxygen atoms in total. The largest absolute Gasteiger partial charge is 0.379 e. The second-order valence-corrected chi connectivity index (χ2v) is 4.79. The van der Waals surface area contributed by atoms with Gasteiger partial charge in [0.25, 0.3) is 0 Å². The second kappa shape index (κ2) is 5.61. The Bertz CT molecular complexity index is 669. The number of nitrogens with zero attached hydrogens (tertiary/aromatic N) is 1. The lowest BCUT2D eigenvalue weighted by Crippen LogP contribution is -1.99. The number of H-pyrrole nitrogens is 1. The van der Waals surface area contributed by atoms with E-state index in [2.05, 4.69) is 63.8 Å². The molecule has 0 amide bonds. The molecule has 0 saturated heterocycles. The Hall–Kier alpha value is -2.55. The van der Waals surface area contributed by atoms with Crippen molar-refractivity contribution >= 4 is 5.69 Å². The van der Waals surface area contributed by atoms with Gasteiger partial charge in [0, 0.05) is 5.69 Å². The fraction of sp³-hybridized carbons (Fsp3) is 0.118. The van der Waals surface area contributed by atoms with Crippen LogP contribution in [0, 0.1) is 6.92 Å². The summed E-state index contributed by atoms with van der Waals surface area (Å²) >= 11 is 0. The van der Waals surface area contributed by atoms with Crippen molar-refractivity contribution < 1.29 is 0 Å². The molecule has 0 atom stereocenters. The predicted octanol–water partition coefficient (Wildman–Crippen LogP) is 4.00. The van der Waals surface area contributed by atoms with Gasteiger partial charge in [-0.3, -0.25) is 0 Å². The monoisotopic (exact) mass is 263 g/mol. The van der Waals surface area contributed by atoms with Crippen molar-refractivity contribution in [3.8, 4) is 11.1 Å². The average Bonchev–Trinajstić information content (AvgIpc) is 2.92. The number of hydrogen-bond acceptors (Lipinski definition) is 2. The zero-order valence-corrected chi connectivity index (χ0v) is 11.4.